The smallest absolute Gasteiger partial charge is 0.159 e. The molecule has 0 nitrogen and oxygen atoms in total. The SMILES string of the molecule is Fc1ccc(CC(Br)c2cc(F)c(Cl)cc2F)cc1F. The summed E-state index contributed by atoms with van der Waals surface area (Å²) >= 11 is 8.68. The zero-order valence-electron chi connectivity index (χ0n) is 9.94. The lowest BCUT2D eigenvalue weighted by atomic mass is 10.0. The van der Waals surface area contributed by atoms with Gasteiger partial charge in [-0.1, -0.05) is 33.6 Å². The van der Waals surface area contributed by atoms with E-state index in [0.717, 1.165) is 24.3 Å². The van der Waals surface area contributed by atoms with Crippen LogP contribution in [-0.4, -0.2) is 0 Å². The highest BCUT2D eigenvalue weighted by atomic mass is 79.9. The summed E-state index contributed by atoms with van der Waals surface area (Å²) in [7, 11) is 0. The molecule has 2 aromatic rings. The topological polar surface area (TPSA) is 0 Å². The van der Waals surface area contributed by atoms with E-state index in [1.807, 2.05) is 0 Å². The molecule has 0 amide bonds. The minimum atomic E-state index is -0.982. The first-order valence-electron chi connectivity index (χ1n) is 5.61. The van der Waals surface area contributed by atoms with Crippen molar-refractivity contribution in [3.8, 4) is 0 Å². The summed E-state index contributed by atoms with van der Waals surface area (Å²) in [5.41, 5.74) is 0.525. The Morgan fingerprint density at radius 2 is 1.60 bits per heavy atom. The molecule has 2 aromatic carbocycles. The zero-order chi connectivity index (χ0) is 14.9. The van der Waals surface area contributed by atoms with Gasteiger partial charge in [0, 0.05) is 10.4 Å². The van der Waals surface area contributed by atoms with Crippen LogP contribution in [0.25, 0.3) is 0 Å². The molecule has 0 bridgehead atoms. The highest BCUT2D eigenvalue weighted by molar-refractivity contribution is 9.09. The van der Waals surface area contributed by atoms with E-state index in [4.69, 9.17) is 11.6 Å². The minimum absolute atomic E-state index is 0.0663. The van der Waals surface area contributed by atoms with Gasteiger partial charge in [0.15, 0.2) is 11.6 Å². The molecule has 0 aromatic heterocycles. The predicted octanol–water partition coefficient (Wildman–Crippen LogP) is 5.58. The van der Waals surface area contributed by atoms with Crippen molar-refractivity contribution in [2.24, 2.45) is 0 Å². The Balaban J connectivity index is 2.25. The van der Waals surface area contributed by atoms with E-state index in [1.165, 1.54) is 6.07 Å². The van der Waals surface area contributed by atoms with Gasteiger partial charge in [-0.2, -0.15) is 0 Å². The predicted molar refractivity (Wildman–Crippen MR) is 73.1 cm³/mol. The lowest BCUT2D eigenvalue weighted by Crippen LogP contribution is -2.01. The monoisotopic (exact) mass is 366 g/mol. The Morgan fingerprint density at radius 1 is 0.900 bits per heavy atom. The van der Waals surface area contributed by atoms with Gasteiger partial charge in [-0.3, -0.25) is 0 Å². The molecule has 1 unspecified atom stereocenters. The molecule has 106 valence electrons. The van der Waals surface area contributed by atoms with Crippen molar-refractivity contribution in [1.82, 2.24) is 0 Å². The van der Waals surface area contributed by atoms with Gasteiger partial charge in [-0.05, 0) is 36.2 Å². The van der Waals surface area contributed by atoms with Crippen molar-refractivity contribution >= 4 is 27.5 Å². The van der Waals surface area contributed by atoms with Crippen molar-refractivity contribution in [2.75, 3.05) is 0 Å². The van der Waals surface area contributed by atoms with Crippen LogP contribution in [0.4, 0.5) is 17.6 Å². The van der Waals surface area contributed by atoms with Gasteiger partial charge in [0.2, 0.25) is 0 Å². The third-order valence-electron chi connectivity index (χ3n) is 2.78. The second-order valence-corrected chi connectivity index (χ2v) is 5.72. The van der Waals surface area contributed by atoms with Crippen LogP contribution in [0.3, 0.4) is 0 Å². The summed E-state index contributed by atoms with van der Waals surface area (Å²) in [6, 6.07) is 5.26. The van der Waals surface area contributed by atoms with Gasteiger partial charge < -0.3 is 0 Å². The van der Waals surface area contributed by atoms with Gasteiger partial charge >= 0.3 is 0 Å². The van der Waals surface area contributed by atoms with Crippen LogP contribution in [0.1, 0.15) is 16.0 Å². The fraction of sp³-hybridized carbons (Fsp3) is 0.143. The van der Waals surface area contributed by atoms with E-state index < -0.39 is 28.1 Å². The molecule has 0 aliphatic heterocycles. The molecule has 0 fully saturated rings. The van der Waals surface area contributed by atoms with Crippen molar-refractivity contribution in [3.63, 3.8) is 0 Å². The van der Waals surface area contributed by atoms with Crippen LogP contribution in [0.5, 0.6) is 0 Å². The maximum atomic E-state index is 13.7. The molecule has 0 heterocycles. The third-order valence-corrected chi connectivity index (χ3v) is 3.88. The largest absolute Gasteiger partial charge is 0.207 e. The fourth-order valence-corrected chi connectivity index (χ4v) is 2.64. The highest BCUT2D eigenvalue weighted by Crippen LogP contribution is 2.32. The Morgan fingerprint density at radius 3 is 2.25 bits per heavy atom. The second-order valence-electron chi connectivity index (χ2n) is 4.21. The fourth-order valence-electron chi connectivity index (χ4n) is 1.76. The van der Waals surface area contributed by atoms with Crippen LogP contribution in [0.15, 0.2) is 30.3 Å². The number of halogens is 6. The first kappa shape index (κ1) is 15.3. The van der Waals surface area contributed by atoms with E-state index in [0.29, 0.717) is 5.56 Å². The minimum Gasteiger partial charge on any atom is -0.207 e. The highest BCUT2D eigenvalue weighted by Gasteiger charge is 2.17. The summed E-state index contributed by atoms with van der Waals surface area (Å²) in [5, 5.41) is -0.307. The van der Waals surface area contributed by atoms with E-state index >= 15 is 0 Å². The summed E-state index contributed by atoms with van der Waals surface area (Å²) in [5.74, 6) is -3.34. The Hall–Kier alpha value is -1.07. The third kappa shape index (κ3) is 3.33. The lowest BCUT2D eigenvalue weighted by Gasteiger charge is -2.12. The van der Waals surface area contributed by atoms with Crippen LogP contribution in [0, 0.1) is 23.3 Å². The summed E-state index contributed by atoms with van der Waals surface area (Å²) in [6.45, 7) is 0. The zero-order valence-corrected chi connectivity index (χ0v) is 12.3. The average Bonchev–Trinajstić information content (AvgIpc) is 2.38. The maximum Gasteiger partial charge on any atom is 0.159 e. The first-order valence-corrected chi connectivity index (χ1v) is 6.90. The van der Waals surface area contributed by atoms with Crippen molar-refractivity contribution in [1.29, 1.82) is 0 Å². The van der Waals surface area contributed by atoms with E-state index in [9.17, 15) is 17.6 Å². The quantitative estimate of drug-likeness (QED) is 0.378. The Labute approximate surface area is 126 Å². The summed E-state index contributed by atoms with van der Waals surface area (Å²) in [4.78, 5) is -0.584. The van der Waals surface area contributed by atoms with Crippen molar-refractivity contribution in [2.45, 2.75) is 11.2 Å². The normalized spacial score (nSPS) is 12.5. The number of hydrogen-bond donors (Lipinski definition) is 0. The van der Waals surface area contributed by atoms with Crippen LogP contribution in [-0.2, 0) is 6.42 Å². The molecule has 0 aliphatic carbocycles. The molecule has 1 atom stereocenters. The molecule has 0 saturated heterocycles. The Kier molecular flexibility index (Phi) is 4.70. The molecular weight excluding hydrogens is 360 g/mol. The molecule has 6 heteroatoms. The van der Waals surface area contributed by atoms with E-state index in [-0.39, 0.29) is 17.0 Å². The van der Waals surface area contributed by atoms with Gasteiger partial charge in [0.05, 0.1) is 5.02 Å². The number of hydrogen-bond acceptors (Lipinski definition) is 0. The van der Waals surface area contributed by atoms with E-state index in [2.05, 4.69) is 15.9 Å². The maximum absolute atomic E-state index is 13.7. The van der Waals surface area contributed by atoms with Crippen LogP contribution < -0.4 is 0 Å². The molecule has 20 heavy (non-hydrogen) atoms. The Bertz CT molecular complexity index is 645. The molecule has 0 aliphatic rings. The number of alkyl halides is 1. The number of benzene rings is 2. The van der Waals surface area contributed by atoms with Crippen molar-refractivity contribution in [3.05, 3.63) is 69.8 Å². The summed E-state index contributed by atoms with van der Waals surface area (Å²) < 4.78 is 53.0. The molecule has 2 rings (SSSR count). The molecule has 0 saturated carbocycles. The average molecular weight is 368 g/mol. The van der Waals surface area contributed by atoms with Gasteiger partial charge in [0.1, 0.15) is 11.6 Å². The molecular formula is C14H8BrClF4. The van der Waals surface area contributed by atoms with E-state index in [1.54, 1.807) is 0 Å². The second kappa shape index (κ2) is 6.14. The molecule has 0 spiro atoms. The molecule has 0 N–H and O–H groups in total. The first-order chi connectivity index (χ1) is 9.38. The van der Waals surface area contributed by atoms with Crippen LogP contribution >= 0.6 is 27.5 Å². The van der Waals surface area contributed by atoms with Gasteiger partial charge in [-0.25, -0.2) is 17.6 Å². The lowest BCUT2D eigenvalue weighted by molar-refractivity contribution is 0.507. The molecule has 0 radical (unpaired) electrons. The standard InChI is InChI=1S/C14H8BrClF4/c15-9(3-7-1-2-11(17)14(20)4-7)8-5-13(19)10(16)6-12(8)18/h1-2,4-6,9H,3H2. The van der Waals surface area contributed by atoms with Crippen molar-refractivity contribution < 1.29 is 17.6 Å². The van der Waals surface area contributed by atoms with Gasteiger partial charge in [0.25, 0.3) is 0 Å². The van der Waals surface area contributed by atoms with Gasteiger partial charge in [-0.15, -0.1) is 0 Å². The number of rotatable bonds is 3. The van der Waals surface area contributed by atoms with Crippen LogP contribution in [0.2, 0.25) is 5.02 Å². The summed E-state index contributed by atoms with van der Waals surface area (Å²) in [6.07, 6.45) is 0.176.